The van der Waals surface area contributed by atoms with Crippen LogP contribution in [0.3, 0.4) is 0 Å². The molecule has 3 aromatic heterocycles. The first kappa shape index (κ1) is 23.3. The molecule has 2 N–H and O–H groups in total. The third-order valence-corrected chi connectivity index (χ3v) is 6.66. The lowest BCUT2D eigenvalue weighted by atomic mass is 10.1. The van der Waals surface area contributed by atoms with Crippen LogP contribution in [0.15, 0.2) is 66.0 Å². The Balaban J connectivity index is 0.00000272. The molecule has 1 aromatic carbocycles. The number of nitrogens with one attached hydrogen (secondary N) is 2. The molecule has 0 atom stereocenters. The third-order valence-electron chi connectivity index (χ3n) is 4.51. The topological polar surface area (TPSA) is 88.9 Å². The second kappa shape index (κ2) is 9.42. The van der Waals surface area contributed by atoms with E-state index in [0.717, 1.165) is 10.9 Å². The molecule has 3 heterocycles. The van der Waals surface area contributed by atoms with E-state index < -0.39 is 10.0 Å². The van der Waals surface area contributed by atoms with Crippen molar-refractivity contribution in [3.63, 3.8) is 0 Å². The number of hydrogen-bond donors (Lipinski definition) is 2. The van der Waals surface area contributed by atoms with Gasteiger partial charge in [-0.3, -0.25) is 4.98 Å². The summed E-state index contributed by atoms with van der Waals surface area (Å²) < 4.78 is 27.8. The molecule has 4 rings (SSSR count). The molecule has 0 fully saturated rings. The molecular weight excluding hydrogens is 481 g/mol. The fourth-order valence-electron chi connectivity index (χ4n) is 3.15. The van der Waals surface area contributed by atoms with Crippen molar-refractivity contribution in [1.82, 2.24) is 19.3 Å². The summed E-state index contributed by atoms with van der Waals surface area (Å²) in [7, 11) is -2.01. The average Bonchev–Trinajstić information content (AvgIpc) is 3.10. The Morgan fingerprint density at radius 2 is 1.94 bits per heavy atom. The van der Waals surface area contributed by atoms with Gasteiger partial charge in [0, 0.05) is 36.2 Å². The summed E-state index contributed by atoms with van der Waals surface area (Å²) in [6, 6.07) is 11.9. The van der Waals surface area contributed by atoms with E-state index in [1.54, 1.807) is 30.5 Å². The lowest BCUT2D eigenvalue weighted by Gasteiger charge is -2.10. The van der Waals surface area contributed by atoms with E-state index in [9.17, 15) is 8.42 Å². The normalized spacial score (nSPS) is 11.3. The Morgan fingerprint density at radius 3 is 2.61 bits per heavy atom. The first-order valence-corrected chi connectivity index (χ1v) is 11.1. The first-order chi connectivity index (χ1) is 14.4. The molecule has 0 saturated heterocycles. The van der Waals surface area contributed by atoms with Crippen molar-refractivity contribution in [2.45, 2.75) is 11.4 Å². The molecule has 0 aliphatic carbocycles. The lowest BCUT2D eigenvalue weighted by Crippen LogP contribution is -2.12. The number of aromatic nitrogens is 3. The molecule has 162 valence electrons. The Hall–Kier alpha value is -2.36. The van der Waals surface area contributed by atoms with Crippen LogP contribution < -0.4 is 10.6 Å². The molecule has 7 nitrogen and oxygen atoms in total. The predicted octanol–water partition coefficient (Wildman–Crippen LogP) is 4.86. The van der Waals surface area contributed by atoms with Gasteiger partial charge in [-0.05, 0) is 49.0 Å². The van der Waals surface area contributed by atoms with Gasteiger partial charge in [-0.25, -0.2) is 17.4 Å². The van der Waals surface area contributed by atoms with Gasteiger partial charge in [0.25, 0.3) is 10.0 Å². The van der Waals surface area contributed by atoms with Gasteiger partial charge >= 0.3 is 0 Å². The van der Waals surface area contributed by atoms with Crippen molar-refractivity contribution in [3.8, 4) is 0 Å². The maximum Gasteiger partial charge on any atom is 0.269 e. The molecule has 0 spiro atoms. The van der Waals surface area contributed by atoms with Crippen LogP contribution in [0, 0.1) is 0 Å². The molecule has 0 radical (unpaired) electrons. The fraction of sp³-hybridized carbons (Fsp3) is 0.100. The quantitative estimate of drug-likeness (QED) is 0.369. The minimum Gasteiger partial charge on any atom is -0.353 e. The summed E-state index contributed by atoms with van der Waals surface area (Å²) in [5, 5.41) is 7.56. The molecule has 11 heteroatoms. The smallest absolute Gasteiger partial charge is 0.269 e. The van der Waals surface area contributed by atoms with Crippen molar-refractivity contribution in [3.05, 3.63) is 76.9 Å². The molecule has 0 amide bonds. The van der Waals surface area contributed by atoms with Crippen molar-refractivity contribution >= 4 is 67.9 Å². The third kappa shape index (κ3) is 4.63. The number of halogens is 3. The van der Waals surface area contributed by atoms with Crippen LogP contribution in [0.1, 0.15) is 5.56 Å². The summed E-state index contributed by atoms with van der Waals surface area (Å²) in [4.78, 5) is 8.06. The highest BCUT2D eigenvalue weighted by atomic mass is 35.5. The van der Waals surface area contributed by atoms with Crippen molar-refractivity contribution in [2.24, 2.45) is 0 Å². The first-order valence-electron chi connectivity index (χ1n) is 8.93. The Bertz CT molecular complexity index is 1330. The minimum absolute atomic E-state index is 0. The van der Waals surface area contributed by atoms with Gasteiger partial charge in [0.05, 0.1) is 11.2 Å². The molecule has 0 aliphatic rings. The van der Waals surface area contributed by atoms with Gasteiger partial charge in [-0.15, -0.1) is 12.4 Å². The van der Waals surface area contributed by atoms with E-state index in [4.69, 9.17) is 23.2 Å². The summed E-state index contributed by atoms with van der Waals surface area (Å²) in [6.07, 6.45) is 4.50. The highest BCUT2D eigenvalue weighted by Gasteiger charge is 2.21. The standard InChI is InChI=1S/C20H17Cl2N5O2S.ClH/c1-23-10-13-12-27(30(28,29)15-3-2-8-24-11-15)18-9-14(4-5-16(13)18)25-17-6-7-19(21)26-20(17)22;/h2-9,11-12,23,25H,10H2,1H3;1H. The largest absolute Gasteiger partial charge is 0.353 e. The van der Waals surface area contributed by atoms with Crippen molar-refractivity contribution in [1.29, 1.82) is 0 Å². The van der Waals surface area contributed by atoms with Gasteiger partial charge in [-0.1, -0.05) is 29.3 Å². The molecule has 31 heavy (non-hydrogen) atoms. The number of fused-ring (bicyclic) bond motifs is 1. The maximum absolute atomic E-state index is 13.3. The zero-order chi connectivity index (χ0) is 21.3. The van der Waals surface area contributed by atoms with Crippen LogP contribution in [0.2, 0.25) is 10.3 Å². The highest BCUT2D eigenvalue weighted by Crippen LogP contribution is 2.31. The number of hydrogen-bond acceptors (Lipinski definition) is 6. The average molecular weight is 499 g/mol. The van der Waals surface area contributed by atoms with Gasteiger partial charge in [0.2, 0.25) is 0 Å². The summed E-state index contributed by atoms with van der Waals surface area (Å²) in [5.41, 5.74) is 2.61. The Kier molecular flexibility index (Phi) is 7.08. The van der Waals surface area contributed by atoms with Crippen LogP contribution in [0.4, 0.5) is 11.4 Å². The SMILES string of the molecule is CNCc1cn(S(=O)(=O)c2cccnc2)c2cc(Nc3ccc(Cl)nc3Cl)ccc12.Cl. The maximum atomic E-state index is 13.3. The van der Waals surface area contributed by atoms with Crippen molar-refractivity contribution in [2.75, 3.05) is 12.4 Å². The molecular formula is C20H18Cl3N5O2S. The highest BCUT2D eigenvalue weighted by molar-refractivity contribution is 7.90. The minimum atomic E-state index is -3.82. The van der Waals surface area contributed by atoms with Crippen LogP contribution in [-0.2, 0) is 16.6 Å². The number of nitrogens with zero attached hydrogens (tertiary/aromatic N) is 3. The summed E-state index contributed by atoms with van der Waals surface area (Å²) in [5.74, 6) is 0. The van der Waals surface area contributed by atoms with E-state index in [2.05, 4.69) is 20.6 Å². The Morgan fingerprint density at radius 1 is 1.13 bits per heavy atom. The second-order valence-corrected chi connectivity index (χ2v) is 9.06. The van der Waals surface area contributed by atoms with Crippen LogP contribution >= 0.6 is 35.6 Å². The van der Waals surface area contributed by atoms with Gasteiger partial charge in [0.15, 0.2) is 5.15 Å². The number of anilines is 2. The monoisotopic (exact) mass is 497 g/mol. The molecule has 4 aromatic rings. The molecule has 0 saturated carbocycles. The zero-order valence-electron chi connectivity index (χ0n) is 16.2. The summed E-state index contributed by atoms with van der Waals surface area (Å²) in [6.45, 7) is 0.520. The predicted molar refractivity (Wildman–Crippen MR) is 126 cm³/mol. The van der Waals surface area contributed by atoms with Crippen LogP contribution in [-0.4, -0.2) is 29.4 Å². The summed E-state index contributed by atoms with van der Waals surface area (Å²) >= 11 is 12.0. The Labute approximate surface area is 195 Å². The van der Waals surface area contributed by atoms with E-state index >= 15 is 0 Å². The van der Waals surface area contributed by atoms with E-state index in [0.29, 0.717) is 23.4 Å². The van der Waals surface area contributed by atoms with Gasteiger partial charge < -0.3 is 10.6 Å². The number of rotatable bonds is 6. The second-order valence-electron chi connectivity index (χ2n) is 6.50. The van der Waals surface area contributed by atoms with Gasteiger partial charge in [-0.2, -0.15) is 0 Å². The number of pyridine rings is 2. The molecule has 0 aliphatic heterocycles. The molecule has 0 unspecified atom stereocenters. The van der Waals surface area contributed by atoms with E-state index in [-0.39, 0.29) is 27.6 Å². The zero-order valence-corrected chi connectivity index (χ0v) is 19.4. The van der Waals surface area contributed by atoms with Crippen LogP contribution in [0.5, 0.6) is 0 Å². The lowest BCUT2D eigenvalue weighted by molar-refractivity contribution is 0.588. The van der Waals surface area contributed by atoms with Gasteiger partial charge in [0.1, 0.15) is 10.0 Å². The molecule has 0 bridgehead atoms. The van der Waals surface area contributed by atoms with E-state index in [1.165, 1.54) is 22.4 Å². The van der Waals surface area contributed by atoms with E-state index in [1.807, 2.05) is 19.2 Å². The number of benzene rings is 1. The van der Waals surface area contributed by atoms with Crippen molar-refractivity contribution < 1.29 is 8.42 Å². The van der Waals surface area contributed by atoms with Crippen LogP contribution in [0.25, 0.3) is 10.9 Å². The fourth-order valence-corrected chi connectivity index (χ4v) is 4.89.